The lowest BCUT2D eigenvalue weighted by atomic mass is 10.4. The van der Waals surface area contributed by atoms with Crippen LogP contribution in [0.5, 0.6) is 0 Å². The molecule has 0 saturated heterocycles. The van der Waals surface area contributed by atoms with E-state index in [1.807, 2.05) is 0 Å². The second-order valence-electron chi connectivity index (χ2n) is 1.87. The van der Waals surface area contributed by atoms with Gasteiger partial charge >= 0.3 is 5.97 Å². The molecule has 0 aliphatic heterocycles. The molecular weight excluding hydrogens is 152 g/mol. The minimum absolute atomic E-state index is 0.0626. The first kappa shape index (κ1) is 10.3. The Morgan fingerprint density at radius 2 is 2.18 bits per heavy atom. The highest BCUT2D eigenvalue weighted by molar-refractivity contribution is 5.73. The first-order chi connectivity index (χ1) is 5.18. The van der Waals surface area contributed by atoms with Crippen molar-refractivity contribution in [3.63, 3.8) is 0 Å². The number of hydrogen-bond donors (Lipinski definition) is 1. The summed E-state index contributed by atoms with van der Waals surface area (Å²) in [5.74, 6) is -0.707. The van der Waals surface area contributed by atoms with E-state index in [9.17, 15) is 4.79 Å². The summed E-state index contributed by atoms with van der Waals surface area (Å²) in [6.45, 7) is 1.18. The lowest BCUT2D eigenvalue weighted by Gasteiger charge is -2.05. The van der Waals surface area contributed by atoms with E-state index in [1.165, 1.54) is 14.0 Å². The molecule has 0 saturated carbocycles. The molecule has 5 nitrogen and oxygen atoms in total. The van der Waals surface area contributed by atoms with Gasteiger partial charge in [-0.3, -0.25) is 0 Å². The zero-order valence-corrected chi connectivity index (χ0v) is 6.57. The third kappa shape index (κ3) is 5.78. The zero-order valence-electron chi connectivity index (χ0n) is 6.57. The molecule has 66 valence electrons. The molecule has 0 aliphatic rings. The Balaban J connectivity index is 3.18. The molecule has 0 aromatic carbocycles. The Morgan fingerprint density at radius 3 is 2.64 bits per heavy atom. The molecule has 0 rings (SSSR count). The molecule has 1 N–H and O–H groups in total. The van der Waals surface area contributed by atoms with Crippen molar-refractivity contribution in [2.24, 2.45) is 0 Å². The van der Waals surface area contributed by atoms with Gasteiger partial charge < -0.3 is 19.3 Å². The van der Waals surface area contributed by atoms with Gasteiger partial charge in [0.25, 0.3) is 0 Å². The highest BCUT2D eigenvalue weighted by Gasteiger charge is 2.08. The minimum Gasteiger partial charge on any atom is -0.436 e. The SMILES string of the molecule is COCOCOC(=O)C(C)O. The van der Waals surface area contributed by atoms with Gasteiger partial charge in [0.2, 0.25) is 0 Å². The molecule has 0 radical (unpaired) electrons. The third-order valence-corrected chi connectivity index (χ3v) is 0.827. The molecule has 11 heavy (non-hydrogen) atoms. The first-order valence-electron chi connectivity index (χ1n) is 3.10. The molecule has 0 fully saturated rings. The van der Waals surface area contributed by atoms with Crippen LogP contribution < -0.4 is 0 Å². The Morgan fingerprint density at radius 1 is 1.55 bits per heavy atom. The number of aliphatic hydroxyl groups excluding tert-OH is 1. The quantitative estimate of drug-likeness (QED) is 0.337. The summed E-state index contributed by atoms with van der Waals surface area (Å²) in [6.07, 6.45) is -1.11. The third-order valence-electron chi connectivity index (χ3n) is 0.827. The number of esters is 1. The fourth-order valence-electron chi connectivity index (χ4n) is 0.338. The topological polar surface area (TPSA) is 65.0 Å². The van der Waals surface area contributed by atoms with Crippen LogP contribution in [0.2, 0.25) is 0 Å². The van der Waals surface area contributed by atoms with Crippen LogP contribution in [-0.4, -0.2) is 37.9 Å². The van der Waals surface area contributed by atoms with Crippen molar-refractivity contribution in [3.05, 3.63) is 0 Å². The predicted octanol–water partition coefficient (Wildman–Crippen LogP) is -0.512. The van der Waals surface area contributed by atoms with E-state index in [2.05, 4.69) is 14.2 Å². The van der Waals surface area contributed by atoms with Crippen molar-refractivity contribution in [2.45, 2.75) is 13.0 Å². The van der Waals surface area contributed by atoms with Gasteiger partial charge in [0, 0.05) is 7.11 Å². The van der Waals surface area contributed by atoms with E-state index in [-0.39, 0.29) is 13.6 Å². The van der Waals surface area contributed by atoms with E-state index in [1.54, 1.807) is 0 Å². The molecule has 0 aromatic heterocycles. The van der Waals surface area contributed by atoms with Gasteiger partial charge in [-0.1, -0.05) is 0 Å². The highest BCUT2D eigenvalue weighted by atomic mass is 16.7. The minimum atomic E-state index is -1.11. The van der Waals surface area contributed by atoms with Crippen molar-refractivity contribution in [3.8, 4) is 0 Å². The Hall–Kier alpha value is -0.650. The summed E-state index contributed by atoms with van der Waals surface area (Å²) in [6, 6.07) is 0. The van der Waals surface area contributed by atoms with Crippen molar-refractivity contribution >= 4 is 5.97 Å². The molecule has 0 amide bonds. The number of carbonyl (C=O) groups excluding carboxylic acids is 1. The van der Waals surface area contributed by atoms with Crippen LogP contribution in [0, 0.1) is 0 Å². The van der Waals surface area contributed by atoms with Crippen molar-refractivity contribution in [2.75, 3.05) is 20.7 Å². The predicted molar refractivity (Wildman–Crippen MR) is 35.6 cm³/mol. The summed E-state index contributed by atoms with van der Waals surface area (Å²) in [7, 11) is 1.45. The molecule has 1 atom stereocenters. The van der Waals surface area contributed by atoms with Gasteiger partial charge in [-0.15, -0.1) is 0 Å². The molecule has 0 aromatic rings. The van der Waals surface area contributed by atoms with Crippen molar-refractivity contribution in [1.29, 1.82) is 0 Å². The van der Waals surface area contributed by atoms with Gasteiger partial charge in [0.15, 0.2) is 6.79 Å². The molecule has 0 heterocycles. The number of rotatable bonds is 5. The van der Waals surface area contributed by atoms with Gasteiger partial charge in [-0.2, -0.15) is 0 Å². The summed E-state index contributed by atoms with van der Waals surface area (Å²) < 4.78 is 13.5. The van der Waals surface area contributed by atoms with Gasteiger partial charge in [-0.25, -0.2) is 4.79 Å². The molecule has 0 spiro atoms. The molecule has 0 aliphatic carbocycles. The van der Waals surface area contributed by atoms with E-state index >= 15 is 0 Å². The summed E-state index contributed by atoms with van der Waals surface area (Å²) in [4.78, 5) is 10.5. The largest absolute Gasteiger partial charge is 0.436 e. The molecule has 0 bridgehead atoms. The molecule has 1 unspecified atom stereocenters. The number of hydrogen-bond acceptors (Lipinski definition) is 5. The number of ether oxygens (including phenoxy) is 3. The van der Waals surface area contributed by atoms with Crippen LogP contribution in [0.25, 0.3) is 0 Å². The number of methoxy groups -OCH3 is 1. The summed E-state index contributed by atoms with van der Waals surface area (Å²) >= 11 is 0. The van der Waals surface area contributed by atoms with E-state index in [0.717, 1.165) is 0 Å². The number of aliphatic hydroxyl groups is 1. The maximum Gasteiger partial charge on any atom is 0.336 e. The normalized spacial score (nSPS) is 12.6. The lowest BCUT2D eigenvalue weighted by molar-refractivity contribution is -0.173. The van der Waals surface area contributed by atoms with Crippen LogP contribution in [0.1, 0.15) is 6.92 Å². The highest BCUT2D eigenvalue weighted by Crippen LogP contribution is 1.86. The van der Waals surface area contributed by atoms with E-state index < -0.39 is 12.1 Å². The fraction of sp³-hybridized carbons (Fsp3) is 0.833. The number of carbonyl (C=O) groups is 1. The van der Waals surface area contributed by atoms with Crippen LogP contribution in [-0.2, 0) is 19.0 Å². The summed E-state index contributed by atoms with van der Waals surface area (Å²) in [5.41, 5.74) is 0. The smallest absolute Gasteiger partial charge is 0.336 e. The van der Waals surface area contributed by atoms with Crippen LogP contribution in [0.15, 0.2) is 0 Å². The van der Waals surface area contributed by atoms with Gasteiger partial charge in [0.05, 0.1) is 0 Å². The monoisotopic (exact) mass is 164 g/mol. The van der Waals surface area contributed by atoms with Crippen molar-refractivity contribution in [1.82, 2.24) is 0 Å². The van der Waals surface area contributed by atoms with Crippen LogP contribution >= 0.6 is 0 Å². The van der Waals surface area contributed by atoms with Gasteiger partial charge in [0.1, 0.15) is 12.9 Å². The van der Waals surface area contributed by atoms with Crippen LogP contribution in [0.3, 0.4) is 0 Å². The zero-order chi connectivity index (χ0) is 8.69. The second-order valence-corrected chi connectivity index (χ2v) is 1.87. The average Bonchev–Trinajstić information content (AvgIpc) is 1.97. The Labute approximate surface area is 64.9 Å². The fourth-order valence-corrected chi connectivity index (χ4v) is 0.338. The summed E-state index contributed by atoms with van der Waals surface area (Å²) in [5, 5.41) is 8.62. The second kappa shape index (κ2) is 6.09. The van der Waals surface area contributed by atoms with Crippen molar-refractivity contribution < 1.29 is 24.1 Å². The lowest BCUT2D eigenvalue weighted by Crippen LogP contribution is -2.20. The molecular formula is C6H12O5. The van der Waals surface area contributed by atoms with E-state index in [0.29, 0.717) is 0 Å². The molecule has 5 heteroatoms. The first-order valence-corrected chi connectivity index (χ1v) is 3.10. The van der Waals surface area contributed by atoms with Gasteiger partial charge in [-0.05, 0) is 6.92 Å². The Kier molecular flexibility index (Phi) is 5.73. The van der Waals surface area contributed by atoms with E-state index in [4.69, 9.17) is 5.11 Å². The average molecular weight is 164 g/mol. The Bertz CT molecular complexity index is 112. The maximum absolute atomic E-state index is 10.5. The van der Waals surface area contributed by atoms with Crippen LogP contribution in [0.4, 0.5) is 0 Å². The maximum atomic E-state index is 10.5. The standard InChI is InChI=1S/C6H12O5/c1-5(7)6(8)11-4-10-3-9-2/h5,7H,3-4H2,1-2H3.